The predicted octanol–water partition coefficient (Wildman–Crippen LogP) is 6.85. The first-order valence-corrected chi connectivity index (χ1v) is 11.4. The fourth-order valence-corrected chi connectivity index (χ4v) is 4.38. The molecule has 6 nitrogen and oxygen atoms in total. The van der Waals surface area contributed by atoms with Gasteiger partial charge in [0.1, 0.15) is 5.82 Å². The fourth-order valence-electron chi connectivity index (χ4n) is 4.18. The molecule has 4 aromatic rings. The topological polar surface area (TPSA) is 71.3 Å². The van der Waals surface area contributed by atoms with Crippen molar-refractivity contribution in [2.75, 3.05) is 4.90 Å². The number of rotatable bonds is 4. The van der Waals surface area contributed by atoms with E-state index in [1.165, 1.54) is 12.1 Å². The number of urea groups is 1. The zero-order valence-corrected chi connectivity index (χ0v) is 20.1. The minimum Gasteiger partial charge on any atom is -0.334 e. The lowest BCUT2D eigenvalue weighted by Crippen LogP contribution is -2.46. The molecule has 0 saturated heterocycles. The van der Waals surface area contributed by atoms with Crippen molar-refractivity contribution in [1.29, 1.82) is 0 Å². The number of carbonyl (C=O) groups excluding carboxylic acids is 1. The quantitative estimate of drug-likeness (QED) is 0.341. The zero-order valence-electron chi connectivity index (χ0n) is 19.3. The molecule has 1 N–H and O–H groups in total. The van der Waals surface area contributed by atoms with Crippen LogP contribution in [0, 0.1) is 19.7 Å². The van der Waals surface area contributed by atoms with Crippen molar-refractivity contribution in [3.63, 3.8) is 0 Å². The summed E-state index contributed by atoms with van der Waals surface area (Å²) in [6, 6.07) is 18.1. The maximum atomic E-state index is 13.4. The van der Waals surface area contributed by atoms with Gasteiger partial charge in [-0.1, -0.05) is 35.0 Å². The molecule has 3 aromatic carbocycles. The van der Waals surface area contributed by atoms with Crippen LogP contribution >= 0.6 is 11.6 Å². The third-order valence-corrected chi connectivity index (χ3v) is 6.41. The monoisotopic (exact) mass is 488 g/mol. The van der Waals surface area contributed by atoms with Gasteiger partial charge in [-0.15, -0.1) is 0 Å². The highest BCUT2D eigenvalue weighted by molar-refractivity contribution is 6.30. The average Bonchev–Trinajstić information content (AvgIpc) is 3.31. The number of allylic oxidation sites excluding steroid dienone is 1. The zero-order chi connectivity index (χ0) is 24.7. The summed E-state index contributed by atoms with van der Waals surface area (Å²) in [4.78, 5) is 19.6. The molecule has 1 aliphatic rings. The van der Waals surface area contributed by atoms with Crippen LogP contribution in [-0.4, -0.2) is 16.2 Å². The Morgan fingerprint density at radius 1 is 1.00 bits per heavy atom. The Morgan fingerprint density at radius 2 is 1.77 bits per heavy atom. The van der Waals surface area contributed by atoms with Crippen molar-refractivity contribution in [3.8, 4) is 11.4 Å². The molecule has 0 fully saturated rings. The van der Waals surface area contributed by atoms with Gasteiger partial charge in [-0.2, -0.15) is 4.98 Å². The number of hydrogen-bond acceptors (Lipinski definition) is 4. The Balaban J connectivity index is 1.66. The molecule has 0 spiro atoms. The van der Waals surface area contributed by atoms with Gasteiger partial charge >= 0.3 is 6.03 Å². The van der Waals surface area contributed by atoms with Crippen LogP contribution in [0.4, 0.5) is 14.9 Å². The summed E-state index contributed by atoms with van der Waals surface area (Å²) in [5.41, 5.74) is 5.61. The number of carbonyl (C=O) groups is 1. The summed E-state index contributed by atoms with van der Waals surface area (Å²) in [6.07, 6.45) is 0. The summed E-state index contributed by atoms with van der Waals surface area (Å²) in [5, 5.41) is 7.73. The Morgan fingerprint density at radius 3 is 2.49 bits per heavy atom. The first-order chi connectivity index (χ1) is 16.8. The predicted molar refractivity (Wildman–Crippen MR) is 133 cm³/mol. The van der Waals surface area contributed by atoms with Crippen molar-refractivity contribution < 1.29 is 13.7 Å². The van der Waals surface area contributed by atoms with Crippen LogP contribution in [-0.2, 0) is 0 Å². The molecule has 2 heterocycles. The molecular formula is C27H22ClFN4O2. The number of nitrogens with zero attached hydrogens (tertiary/aromatic N) is 3. The van der Waals surface area contributed by atoms with Gasteiger partial charge in [0.25, 0.3) is 5.89 Å². The van der Waals surface area contributed by atoms with Crippen molar-refractivity contribution >= 4 is 28.9 Å². The second-order valence-corrected chi connectivity index (χ2v) is 8.91. The molecule has 1 atom stereocenters. The van der Waals surface area contributed by atoms with Crippen molar-refractivity contribution in [3.05, 3.63) is 106 Å². The van der Waals surface area contributed by atoms with Gasteiger partial charge in [0.05, 0.1) is 17.3 Å². The van der Waals surface area contributed by atoms with E-state index in [0.29, 0.717) is 27.7 Å². The molecule has 1 aliphatic heterocycles. The number of halogens is 2. The summed E-state index contributed by atoms with van der Waals surface area (Å²) >= 11 is 6.26. The molecule has 1 aromatic heterocycles. The first-order valence-electron chi connectivity index (χ1n) is 11.1. The highest BCUT2D eigenvalue weighted by atomic mass is 35.5. The molecular weight excluding hydrogens is 467 g/mol. The molecule has 0 saturated carbocycles. The lowest BCUT2D eigenvalue weighted by Gasteiger charge is -2.35. The Bertz CT molecular complexity index is 1460. The standard InChI is InChI=1S/C27H22ClFN4O2/c1-15-7-12-22(13-16(15)2)33-17(3)23(24(30-27(33)34)19-5-4-6-20(28)14-19)26-31-25(32-35-26)18-8-10-21(29)11-9-18/h4-14,24H,1-3H3,(H,30,34). The van der Waals surface area contributed by atoms with Gasteiger partial charge < -0.3 is 9.84 Å². The largest absolute Gasteiger partial charge is 0.334 e. The number of benzene rings is 3. The molecule has 0 radical (unpaired) electrons. The maximum Gasteiger partial charge on any atom is 0.326 e. The minimum atomic E-state index is -0.564. The number of aryl methyl sites for hydroxylation is 2. The van der Waals surface area contributed by atoms with Crippen molar-refractivity contribution in [1.82, 2.24) is 15.5 Å². The van der Waals surface area contributed by atoms with Gasteiger partial charge in [0.15, 0.2) is 0 Å². The summed E-state index contributed by atoms with van der Waals surface area (Å²) in [5.74, 6) is 0.219. The Labute approximate surface area is 207 Å². The molecule has 1 unspecified atom stereocenters. The van der Waals surface area contributed by atoms with Crippen LogP contribution in [0.5, 0.6) is 0 Å². The van der Waals surface area contributed by atoms with Crippen LogP contribution in [0.2, 0.25) is 5.02 Å². The number of anilines is 1. The first kappa shape index (κ1) is 22.8. The van der Waals surface area contributed by atoms with Gasteiger partial charge in [0.2, 0.25) is 5.82 Å². The van der Waals surface area contributed by atoms with Crippen LogP contribution in [0.1, 0.15) is 35.5 Å². The van der Waals surface area contributed by atoms with E-state index in [9.17, 15) is 9.18 Å². The van der Waals surface area contributed by atoms with Crippen LogP contribution in [0.25, 0.3) is 17.0 Å². The van der Waals surface area contributed by atoms with E-state index in [1.807, 2.05) is 51.1 Å². The number of amides is 2. The lowest BCUT2D eigenvalue weighted by atomic mass is 9.94. The molecule has 0 bridgehead atoms. The Hall–Kier alpha value is -3.97. The maximum absolute atomic E-state index is 13.4. The average molecular weight is 489 g/mol. The van der Waals surface area contributed by atoms with Gasteiger partial charge in [-0.25, -0.2) is 9.18 Å². The fraction of sp³-hybridized carbons (Fsp3) is 0.148. The van der Waals surface area contributed by atoms with Crippen LogP contribution < -0.4 is 10.2 Å². The van der Waals surface area contributed by atoms with Gasteiger partial charge in [-0.3, -0.25) is 4.90 Å². The summed E-state index contributed by atoms with van der Waals surface area (Å²) < 4.78 is 19.1. The lowest BCUT2D eigenvalue weighted by molar-refractivity contribution is 0.244. The minimum absolute atomic E-state index is 0.251. The van der Waals surface area contributed by atoms with E-state index >= 15 is 0 Å². The van der Waals surface area contributed by atoms with E-state index in [4.69, 9.17) is 16.1 Å². The SMILES string of the molecule is CC1=C(c2nc(-c3ccc(F)cc3)no2)C(c2cccc(Cl)c2)NC(=O)N1c1ccc(C)c(C)c1. The Kier molecular flexibility index (Phi) is 5.86. The third-order valence-electron chi connectivity index (χ3n) is 6.17. The molecule has 176 valence electrons. The number of aromatic nitrogens is 2. The summed E-state index contributed by atoms with van der Waals surface area (Å²) in [7, 11) is 0. The molecule has 5 rings (SSSR count). The van der Waals surface area contributed by atoms with E-state index in [2.05, 4.69) is 15.5 Å². The van der Waals surface area contributed by atoms with E-state index in [-0.39, 0.29) is 17.7 Å². The van der Waals surface area contributed by atoms with Crippen molar-refractivity contribution in [2.24, 2.45) is 0 Å². The molecule has 0 aliphatic carbocycles. The highest BCUT2D eigenvalue weighted by Gasteiger charge is 2.36. The molecule has 2 amide bonds. The number of hydrogen-bond donors (Lipinski definition) is 1. The highest BCUT2D eigenvalue weighted by Crippen LogP contribution is 2.39. The number of nitrogens with one attached hydrogen (secondary N) is 1. The van der Waals surface area contributed by atoms with Gasteiger partial charge in [-0.05, 0) is 86.0 Å². The molecule has 35 heavy (non-hydrogen) atoms. The van der Waals surface area contributed by atoms with Crippen molar-refractivity contribution in [2.45, 2.75) is 26.8 Å². The smallest absolute Gasteiger partial charge is 0.326 e. The normalized spacial score (nSPS) is 16.0. The van der Waals surface area contributed by atoms with E-state index in [0.717, 1.165) is 22.4 Å². The molecule has 8 heteroatoms. The third kappa shape index (κ3) is 4.31. The second kappa shape index (κ2) is 9.00. The van der Waals surface area contributed by atoms with E-state index in [1.54, 1.807) is 29.2 Å². The van der Waals surface area contributed by atoms with E-state index < -0.39 is 6.04 Å². The second-order valence-electron chi connectivity index (χ2n) is 8.47. The van der Waals surface area contributed by atoms with Gasteiger partial charge in [0, 0.05) is 16.3 Å². The van der Waals surface area contributed by atoms with Crippen LogP contribution in [0.3, 0.4) is 0 Å². The summed E-state index contributed by atoms with van der Waals surface area (Å²) in [6.45, 7) is 5.87. The van der Waals surface area contributed by atoms with Crippen LogP contribution in [0.15, 0.2) is 77.0 Å².